The van der Waals surface area contributed by atoms with Gasteiger partial charge in [0, 0.05) is 12.0 Å². The average Bonchev–Trinajstić information content (AvgIpc) is 3.16. The van der Waals surface area contributed by atoms with Crippen LogP contribution in [0.15, 0.2) is 59.5 Å². The molecule has 0 bridgehead atoms. The molecule has 1 aromatic heterocycles. The second-order valence-electron chi connectivity index (χ2n) is 8.43. The van der Waals surface area contributed by atoms with E-state index in [9.17, 15) is 23.5 Å². The van der Waals surface area contributed by atoms with E-state index < -0.39 is 40.7 Å². The summed E-state index contributed by atoms with van der Waals surface area (Å²) in [6.45, 7) is 1.92. The monoisotopic (exact) mass is 437 g/mol. The first kappa shape index (κ1) is 20.4. The van der Waals surface area contributed by atoms with Crippen LogP contribution in [0, 0.1) is 11.6 Å². The molecule has 1 N–H and O–H groups in total. The summed E-state index contributed by atoms with van der Waals surface area (Å²) in [4.78, 5) is 27.1. The predicted molar refractivity (Wildman–Crippen MR) is 112 cm³/mol. The van der Waals surface area contributed by atoms with Gasteiger partial charge >= 0.3 is 0 Å². The van der Waals surface area contributed by atoms with Gasteiger partial charge in [-0.1, -0.05) is 24.3 Å². The largest absolute Gasteiger partial charge is 0.502 e. The van der Waals surface area contributed by atoms with Gasteiger partial charge in [-0.15, -0.1) is 0 Å². The van der Waals surface area contributed by atoms with Crippen molar-refractivity contribution >= 4 is 5.91 Å². The molecule has 5 rings (SSSR count). The topological polar surface area (TPSA) is 75.4 Å². The van der Waals surface area contributed by atoms with Crippen LogP contribution in [0.2, 0.25) is 0 Å². The van der Waals surface area contributed by atoms with E-state index in [1.165, 1.54) is 28.9 Å². The summed E-state index contributed by atoms with van der Waals surface area (Å²) >= 11 is 0. The van der Waals surface area contributed by atoms with E-state index in [2.05, 4.69) is 5.10 Å². The summed E-state index contributed by atoms with van der Waals surface area (Å²) in [6, 6.07) is 11.1. The minimum Gasteiger partial charge on any atom is -0.502 e. The standard InChI is InChI=1S/C24H21F2N3O3/c1-13-5-10-18-21(29-22(24(32)28(13)18)23(31)19(30)12-27-29)20(14-6-8-16(25)9-7-14)15-3-2-4-17(26)11-15/h2-4,6-9,11-13,18,20-21,31H,5,10H2,1H3/t13-,18+,20+,21+/m0/s1. The van der Waals surface area contributed by atoms with Crippen molar-refractivity contribution < 1.29 is 18.7 Å². The average molecular weight is 437 g/mol. The van der Waals surface area contributed by atoms with Crippen LogP contribution >= 0.6 is 0 Å². The number of fused-ring (bicyclic) bond motifs is 2. The summed E-state index contributed by atoms with van der Waals surface area (Å²) in [5.74, 6) is -2.43. The van der Waals surface area contributed by atoms with Crippen LogP contribution in [0.25, 0.3) is 0 Å². The van der Waals surface area contributed by atoms with Gasteiger partial charge in [0.15, 0.2) is 11.4 Å². The lowest BCUT2D eigenvalue weighted by molar-refractivity contribution is 0.0491. The van der Waals surface area contributed by atoms with Gasteiger partial charge in [-0.2, -0.15) is 5.10 Å². The highest BCUT2D eigenvalue weighted by atomic mass is 19.1. The van der Waals surface area contributed by atoms with Crippen molar-refractivity contribution in [3.63, 3.8) is 0 Å². The molecule has 164 valence electrons. The zero-order valence-electron chi connectivity index (χ0n) is 17.3. The third kappa shape index (κ3) is 3.09. The zero-order chi connectivity index (χ0) is 22.6. The van der Waals surface area contributed by atoms with Gasteiger partial charge in [0.25, 0.3) is 5.91 Å². The Morgan fingerprint density at radius 2 is 1.78 bits per heavy atom. The summed E-state index contributed by atoms with van der Waals surface area (Å²) in [5, 5.41) is 14.7. The number of hydrogen-bond acceptors (Lipinski definition) is 4. The molecule has 32 heavy (non-hydrogen) atoms. The molecule has 2 aromatic carbocycles. The maximum absolute atomic E-state index is 14.3. The molecule has 0 saturated carbocycles. The molecule has 1 fully saturated rings. The van der Waals surface area contributed by atoms with E-state index in [1.807, 2.05) is 6.92 Å². The van der Waals surface area contributed by atoms with Crippen LogP contribution in [0.3, 0.4) is 0 Å². The Labute approximate surface area is 182 Å². The number of rotatable bonds is 3. The van der Waals surface area contributed by atoms with Crippen LogP contribution < -0.4 is 5.43 Å². The van der Waals surface area contributed by atoms with E-state index in [-0.39, 0.29) is 17.8 Å². The third-order valence-corrected chi connectivity index (χ3v) is 6.59. The lowest BCUT2D eigenvalue weighted by Crippen LogP contribution is -2.52. The molecule has 0 radical (unpaired) electrons. The van der Waals surface area contributed by atoms with Crippen molar-refractivity contribution in [2.24, 2.45) is 0 Å². The van der Waals surface area contributed by atoms with Gasteiger partial charge in [0.2, 0.25) is 5.43 Å². The van der Waals surface area contributed by atoms with Crippen molar-refractivity contribution in [2.45, 2.75) is 43.8 Å². The minimum absolute atomic E-state index is 0.0974. The Balaban J connectivity index is 1.79. The Bertz CT molecular complexity index is 1260. The highest BCUT2D eigenvalue weighted by Gasteiger charge is 2.50. The molecule has 4 atom stereocenters. The van der Waals surface area contributed by atoms with Gasteiger partial charge in [-0.25, -0.2) is 8.78 Å². The van der Waals surface area contributed by atoms with Gasteiger partial charge in [-0.05, 0) is 55.2 Å². The first-order valence-corrected chi connectivity index (χ1v) is 10.5. The SMILES string of the molecule is C[C@H]1CC[C@@H]2[C@H]([C@H](c3ccc(F)cc3)c3cccc(F)c3)n3ncc(=O)c(O)c3C(=O)N21. The minimum atomic E-state index is -0.738. The number of halogens is 2. The molecular weight excluding hydrogens is 416 g/mol. The first-order chi connectivity index (χ1) is 15.4. The number of hydrogen-bond donors (Lipinski definition) is 1. The molecule has 0 aliphatic carbocycles. The van der Waals surface area contributed by atoms with Gasteiger partial charge < -0.3 is 10.0 Å². The summed E-state index contributed by atoms with van der Waals surface area (Å²) < 4.78 is 29.4. The van der Waals surface area contributed by atoms with Gasteiger partial charge in [0.05, 0.1) is 18.3 Å². The van der Waals surface area contributed by atoms with Crippen molar-refractivity contribution in [1.82, 2.24) is 14.7 Å². The lowest BCUT2D eigenvalue weighted by atomic mass is 9.80. The van der Waals surface area contributed by atoms with Gasteiger partial charge in [0.1, 0.15) is 11.6 Å². The fourth-order valence-corrected chi connectivity index (χ4v) is 5.19. The molecule has 3 heterocycles. The Kier molecular flexibility index (Phi) is 4.80. The third-order valence-electron chi connectivity index (χ3n) is 6.59. The van der Waals surface area contributed by atoms with Crippen LogP contribution in [0.1, 0.15) is 53.3 Å². The van der Waals surface area contributed by atoms with E-state index in [4.69, 9.17) is 0 Å². The molecule has 8 heteroatoms. The maximum Gasteiger partial charge on any atom is 0.276 e. The Hall–Kier alpha value is -3.55. The number of aromatic hydroxyl groups is 1. The summed E-state index contributed by atoms with van der Waals surface area (Å²) in [6.07, 6.45) is 2.41. The number of carbonyl (C=O) groups excluding carboxylic acids is 1. The van der Waals surface area contributed by atoms with Crippen LogP contribution in [-0.4, -0.2) is 37.8 Å². The molecule has 1 saturated heterocycles. The molecule has 0 unspecified atom stereocenters. The molecule has 0 spiro atoms. The molecule has 3 aromatic rings. The predicted octanol–water partition coefficient (Wildman–Crippen LogP) is 3.61. The highest BCUT2D eigenvalue weighted by Crippen LogP contribution is 2.47. The second kappa shape index (κ2) is 7.55. The lowest BCUT2D eigenvalue weighted by Gasteiger charge is -2.43. The van der Waals surface area contributed by atoms with Crippen molar-refractivity contribution in [3.05, 3.63) is 93.4 Å². The number of aromatic nitrogens is 2. The highest BCUT2D eigenvalue weighted by molar-refractivity contribution is 5.96. The van der Waals surface area contributed by atoms with Crippen LogP contribution in [0.5, 0.6) is 5.75 Å². The Morgan fingerprint density at radius 3 is 2.50 bits per heavy atom. The molecule has 6 nitrogen and oxygen atoms in total. The Morgan fingerprint density at radius 1 is 1.03 bits per heavy atom. The van der Waals surface area contributed by atoms with Crippen molar-refractivity contribution in [1.29, 1.82) is 0 Å². The molecular formula is C24H21F2N3O3. The van der Waals surface area contributed by atoms with Crippen molar-refractivity contribution in [2.75, 3.05) is 0 Å². The van der Waals surface area contributed by atoms with Crippen molar-refractivity contribution in [3.8, 4) is 5.75 Å². The van der Waals surface area contributed by atoms with E-state index >= 15 is 0 Å². The van der Waals surface area contributed by atoms with Crippen LogP contribution in [-0.2, 0) is 0 Å². The zero-order valence-corrected chi connectivity index (χ0v) is 17.3. The molecule has 2 aliphatic rings. The molecule has 1 amide bonds. The smallest absolute Gasteiger partial charge is 0.276 e. The fraction of sp³-hybridized carbons (Fsp3) is 0.292. The number of amides is 1. The first-order valence-electron chi connectivity index (χ1n) is 10.5. The number of nitrogens with zero attached hydrogens (tertiary/aromatic N) is 3. The second-order valence-corrected chi connectivity index (χ2v) is 8.43. The fourth-order valence-electron chi connectivity index (χ4n) is 5.19. The molecule has 2 aliphatic heterocycles. The van der Waals surface area contributed by atoms with E-state index in [0.29, 0.717) is 17.5 Å². The summed E-state index contributed by atoms with van der Waals surface area (Å²) in [7, 11) is 0. The van der Waals surface area contributed by atoms with E-state index in [1.54, 1.807) is 29.2 Å². The number of carbonyl (C=O) groups is 1. The maximum atomic E-state index is 14.3. The van der Waals surface area contributed by atoms with Crippen LogP contribution in [0.4, 0.5) is 8.78 Å². The van der Waals surface area contributed by atoms with Gasteiger partial charge in [-0.3, -0.25) is 14.3 Å². The normalized spacial score (nSPS) is 23.0. The van der Waals surface area contributed by atoms with E-state index in [0.717, 1.165) is 12.6 Å². The number of benzene rings is 2. The quantitative estimate of drug-likeness (QED) is 0.679. The summed E-state index contributed by atoms with van der Waals surface area (Å²) in [5.41, 5.74) is 0.428.